The second-order valence-corrected chi connectivity index (χ2v) is 2.57. The summed E-state index contributed by atoms with van der Waals surface area (Å²) in [6.07, 6.45) is 2.93. The number of fused-ring (bicyclic) bond motifs is 1. The van der Waals surface area contributed by atoms with E-state index >= 15 is 0 Å². The van der Waals surface area contributed by atoms with Crippen LogP contribution in [0.15, 0.2) is 30.7 Å². The van der Waals surface area contributed by atoms with Gasteiger partial charge in [0.05, 0.1) is 11.1 Å². The van der Waals surface area contributed by atoms with Crippen molar-refractivity contribution in [2.45, 2.75) is 0 Å². The molecule has 72 valence electrons. The highest BCUT2D eigenvalue weighted by Gasteiger charge is 2.07. The fraction of sp³-hybridized carbons (Fsp3) is 0. The van der Waals surface area contributed by atoms with Crippen molar-refractivity contribution in [3.63, 3.8) is 0 Å². The number of aromatic carboxylic acids is 1. The zero-order chi connectivity index (χ0) is 9.26. The molecule has 1 aromatic heterocycles. The summed E-state index contributed by atoms with van der Waals surface area (Å²) < 4.78 is 0. The van der Waals surface area contributed by atoms with E-state index in [9.17, 15) is 4.79 Å². The predicted octanol–water partition coefficient (Wildman–Crippen LogP) is 1.75. The van der Waals surface area contributed by atoms with E-state index in [-0.39, 0.29) is 18.0 Å². The van der Waals surface area contributed by atoms with Crippen LogP contribution in [0.1, 0.15) is 10.4 Å². The third kappa shape index (κ3) is 1.65. The van der Waals surface area contributed by atoms with Gasteiger partial charge in [0.2, 0.25) is 0 Å². The van der Waals surface area contributed by atoms with E-state index in [1.165, 1.54) is 12.4 Å². The first-order chi connectivity index (χ1) is 6.29. The molecule has 2 aromatic rings. The van der Waals surface area contributed by atoms with Gasteiger partial charge in [-0.3, -0.25) is 0 Å². The van der Waals surface area contributed by atoms with Crippen molar-refractivity contribution >= 4 is 29.3 Å². The van der Waals surface area contributed by atoms with Crippen molar-refractivity contribution < 1.29 is 9.90 Å². The van der Waals surface area contributed by atoms with E-state index in [0.29, 0.717) is 5.52 Å². The highest BCUT2D eigenvalue weighted by Crippen LogP contribution is 2.14. The Morgan fingerprint density at radius 2 is 2.14 bits per heavy atom. The van der Waals surface area contributed by atoms with Gasteiger partial charge < -0.3 is 5.11 Å². The summed E-state index contributed by atoms with van der Waals surface area (Å²) in [5.74, 6) is -0.968. The Kier molecular flexibility index (Phi) is 2.99. The fourth-order valence-corrected chi connectivity index (χ4v) is 1.19. The average Bonchev–Trinajstić information content (AvgIpc) is 2.17. The number of hydrogen-bond donors (Lipinski definition) is 1. The van der Waals surface area contributed by atoms with Crippen LogP contribution in [-0.2, 0) is 0 Å². The number of halogens is 1. The quantitative estimate of drug-likeness (QED) is 0.779. The van der Waals surface area contributed by atoms with E-state index < -0.39 is 5.97 Å². The zero-order valence-corrected chi connectivity index (χ0v) is 7.86. The normalized spacial score (nSPS) is 9.43. The fourth-order valence-electron chi connectivity index (χ4n) is 1.19. The zero-order valence-electron chi connectivity index (χ0n) is 7.04. The van der Waals surface area contributed by atoms with Crippen LogP contribution in [0.4, 0.5) is 0 Å². The summed E-state index contributed by atoms with van der Waals surface area (Å²) in [7, 11) is 0. The first-order valence-corrected chi connectivity index (χ1v) is 3.71. The van der Waals surface area contributed by atoms with Gasteiger partial charge in [-0.15, -0.1) is 12.4 Å². The molecule has 2 rings (SSSR count). The lowest BCUT2D eigenvalue weighted by molar-refractivity contribution is 0.0699. The Labute approximate surface area is 86.0 Å². The molecule has 0 aliphatic carbocycles. The lowest BCUT2D eigenvalue weighted by atomic mass is 10.1. The number of carbonyl (C=O) groups is 1. The Morgan fingerprint density at radius 3 is 2.86 bits per heavy atom. The van der Waals surface area contributed by atoms with Crippen LogP contribution in [0.5, 0.6) is 0 Å². The molecule has 1 N–H and O–H groups in total. The maximum atomic E-state index is 10.8. The lowest BCUT2D eigenvalue weighted by Crippen LogP contribution is -1.98. The molecule has 0 saturated heterocycles. The second-order valence-electron chi connectivity index (χ2n) is 2.57. The third-order valence-corrected chi connectivity index (χ3v) is 1.76. The number of rotatable bonds is 1. The number of aromatic nitrogens is 2. The van der Waals surface area contributed by atoms with E-state index in [2.05, 4.69) is 9.97 Å². The summed E-state index contributed by atoms with van der Waals surface area (Å²) in [6.45, 7) is 0. The molecule has 0 unspecified atom stereocenters. The smallest absolute Gasteiger partial charge is 0.337 e. The molecule has 0 amide bonds. The van der Waals surface area contributed by atoms with E-state index in [4.69, 9.17) is 5.11 Å². The Morgan fingerprint density at radius 1 is 1.36 bits per heavy atom. The van der Waals surface area contributed by atoms with Crippen molar-refractivity contribution in [3.05, 3.63) is 36.3 Å². The molecule has 0 fully saturated rings. The number of carboxylic acids is 1. The molecule has 5 heteroatoms. The standard InChI is InChI=1S/C9H6N2O2.ClH/c12-9(13)7-3-1-2-6-4-10-5-11-8(6)7;/h1-5H,(H,12,13);1H. The Hall–Kier alpha value is -1.68. The van der Waals surface area contributed by atoms with E-state index in [0.717, 1.165) is 5.39 Å². The van der Waals surface area contributed by atoms with Crippen molar-refractivity contribution in [2.75, 3.05) is 0 Å². The molecule has 4 nitrogen and oxygen atoms in total. The Balaban J connectivity index is 0.000000980. The van der Waals surface area contributed by atoms with Gasteiger partial charge >= 0.3 is 5.97 Å². The summed E-state index contributed by atoms with van der Waals surface area (Å²) in [4.78, 5) is 18.5. The van der Waals surface area contributed by atoms with Gasteiger partial charge in [0.1, 0.15) is 6.33 Å². The monoisotopic (exact) mass is 210 g/mol. The maximum Gasteiger partial charge on any atom is 0.337 e. The average molecular weight is 211 g/mol. The van der Waals surface area contributed by atoms with Crippen LogP contribution >= 0.6 is 12.4 Å². The third-order valence-electron chi connectivity index (χ3n) is 1.76. The molecule has 1 heterocycles. The summed E-state index contributed by atoms with van der Waals surface area (Å²) in [5, 5.41) is 9.56. The largest absolute Gasteiger partial charge is 0.478 e. The van der Waals surface area contributed by atoms with E-state index in [1.807, 2.05) is 0 Å². The Bertz CT molecular complexity index is 468. The highest BCUT2D eigenvalue weighted by atomic mass is 35.5. The molecular formula is C9H7ClN2O2. The van der Waals surface area contributed by atoms with Gasteiger partial charge in [0.25, 0.3) is 0 Å². The SMILES string of the molecule is Cl.O=C(O)c1cccc2cncnc12. The van der Waals surface area contributed by atoms with Gasteiger partial charge in [-0.25, -0.2) is 14.8 Å². The van der Waals surface area contributed by atoms with Gasteiger partial charge in [-0.05, 0) is 6.07 Å². The van der Waals surface area contributed by atoms with Crippen LogP contribution in [0, 0.1) is 0 Å². The van der Waals surface area contributed by atoms with Crippen LogP contribution in [-0.4, -0.2) is 21.0 Å². The second kappa shape index (κ2) is 4.02. The number of carboxylic acid groups (broad SMARTS) is 1. The van der Waals surface area contributed by atoms with Gasteiger partial charge in [0.15, 0.2) is 0 Å². The molecule has 0 radical (unpaired) electrons. The van der Waals surface area contributed by atoms with Crippen molar-refractivity contribution in [2.24, 2.45) is 0 Å². The van der Waals surface area contributed by atoms with Gasteiger partial charge in [-0.2, -0.15) is 0 Å². The molecule has 0 bridgehead atoms. The number of nitrogens with zero attached hydrogens (tertiary/aromatic N) is 2. The van der Waals surface area contributed by atoms with Crippen molar-refractivity contribution in [1.29, 1.82) is 0 Å². The first-order valence-electron chi connectivity index (χ1n) is 3.71. The molecule has 0 spiro atoms. The molecule has 0 aliphatic rings. The number of hydrogen-bond acceptors (Lipinski definition) is 3. The molecule has 0 aliphatic heterocycles. The van der Waals surface area contributed by atoms with Crippen LogP contribution < -0.4 is 0 Å². The minimum absolute atomic E-state index is 0. The lowest BCUT2D eigenvalue weighted by Gasteiger charge is -1.98. The number of para-hydroxylation sites is 1. The van der Waals surface area contributed by atoms with Crippen molar-refractivity contribution in [3.8, 4) is 0 Å². The highest BCUT2D eigenvalue weighted by molar-refractivity contribution is 6.01. The van der Waals surface area contributed by atoms with E-state index in [1.54, 1.807) is 18.3 Å². The summed E-state index contributed by atoms with van der Waals surface area (Å²) in [5.41, 5.74) is 0.685. The number of benzene rings is 1. The van der Waals surface area contributed by atoms with Crippen LogP contribution in [0.3, 0.4) is 0 Å². The first kappa shape index (κ1) is 10.4. The minimum atomic E-state index is -0.968. The van der Waals surface area contributed by atoms with Gasteiger partial charge in [-0.1, -0.05) is 12.1 Å². The topological polar surface area (TPSA) is 63.1 Å². The molecule has 0 saturated carbocycles. The molecule has 14 heavy (non-hydrogen) atoms. The van der Waals surface area contributed by atoms with Crippen molar-refractivity contribution in [1.82, 2.24) is 9.97 Å². The van der Waals surface area contributed by atoms with Gasteiger partial charge in [0, 0.05) is 11.6 Å². The minimum Gasteiger partial charge on any atom is -0.478 e. The van der Waals surface area contributed by atoms with Crippen LogP contribution in [0.2, 0.25) is 0 Å². The maximum absolute atomic E-state index is 10.8. The molecular weight excluding hydrogens is 204 g/mol. The van der Waals surface area contributed by atoms with Crippen LogP contribution in [0.25, 0.3) is 10.9 Å². The molecule has 0 atom stereocenters. The summed E-state index contributed by atoms with van der Waals surface area (Å²) >= 11 is 0. The summed E-state index contributed by atoms with van der Waals surface area (Å²) in [6, 6.07) is 4.98. The predicted molar refractivity (Wildman–Crippen MR) is 53.7 cm³/mol. The molecule has 1 aromatic carbocycles.